The lowest BCUT2D eigenvalue weighted by Crippen LogP contribution is -2.44. The quantitative estimate of drug-likeness (QED) is 0.217. The van der Waals surface area contributed by atoms with E-state index in [9.17, 15) is 14.4 Å². The van der Waals surface area contributed by atoms with E-state index in [1.165, 1.54) is 6.07 Å². The first-order chi connectivity index (χ1) is 16.9. The van der Waals surface area contributed by atoms with Crippen LogP contribution < -0.4 is 15.7 Å². The zero-order chi connectivity index (χ0) is 24.8. The normalized spacial score (nSPS) is 11.6. The van der Waals surface area contributed by atoms with Gasteiger partial charge in [-0.2, -0.15) is 0 Å². The third kappa shape index (κ3) is 6.07. The second-order valence-corrected chi connectivity index (χ2v) is 8.23. The zero-order valence-corrected chi connectivity index (χ0v) is 19.6. The molecule has 3 aromatic carbocycles. The van der Waals surface area contributed by atoms with Crippen molar-refractivity contribution < 1.29 is 23.5 Å². The van der Waals surface area contributed by atoms with Crippen LogP contribution in [0, 0.1) is 6.92 Å². The van der Waals surface area contributed by atoms with Crippen molar-refractivity contribution in [1.82, 2.24) is 5.32 Å². The van der Waals surface area contributed by atoms with Crippen molar-refractivity contribution in [2.75, 3.05) is 0 Å². The average molecular weight is 492 g/mol. The van der Waals surface area contributed by atoms with Gasteiger partial charge in [-0.25, -0.2) is 14.4 Å². The van der Waals surface area contributed by atoms with Crippen LogP contribution in [0.1, 0.15) is 16.7 Å². The zero-order valence-electron chi connectivity index (χ0n) is 18.8. The Kier molecular flexibility index (Phi) is 7.48. The van der Waals surface area contributed by atoms with Gasteiger partial charge in [0.2, 0.25) is 0 Å². The summed E-state index contributed by atoms with van der Waals surface area (Å²) in [5.41, 5.74) is 1.77. The fraction of sp³-hybridized carbons (Fsp3) is 0.148. The van der Waals surface area contributed by atoms with E-state index in [0.29, 0.717) is 10.9 Å². The first-order valence-corrected chi connectivity index (χ1v) is 11.2. The van der Waals surface area contributed by atoms with Gasteiger partial charge in [-0.15, -0.1) is 0 Å². The number of carbonyl (C=O) groups is 2. The molecule has 7 nitrogen and oxygen atoms in total. The molecule has 0 radical (unpaired) electrons. The molecule has 35 heavy (non-hydrogen) atoms. The van der Waals surface area contributed by atoms with Crippen LogP contribution in [-0.2, 0) is 22.6 Å². The molecule has 0 saturated carbocycles. The van der Waals surface area contributed by atoms with Crippen molar-refractivity contribution in [3.63, 3.8) is 0 Å². The average Bonchev–Trinajstić information content (AvgIpc) is 2.87. The van der Waals surface area contributed by atoms with Crippen LogP contribution in [0.2, 0.25) is 5.02 Å². The molecular weight excluding hydrogens is 470 g/mol. The number of ether oxygens (including phenoxy) is 2. The minimum atomic E-state index is -1.02. The van der Waals surface area contributed by atoms with Crippen LogP contribution in [0.3, 0.4) is 0 Å². The molecule has 0 bridgehead atoms. The second-order valence-electron chi connectivity index (χ2n) is 7.86. The van der Waals surface area contributed by atoms with Crippen LogP contribution >= 0.6 is 11.6 Å². The lowest BCUT2D eigenvalue weighted by molar-refractivity contribution is -0.136. The van der Waals surface area contributed by atoms with E-state index in [0.717, 1.165) is 11.1 Å². The largest absolute Gasteiger partial charge is 0.445 e. The van der Waals surface area contributed by atoms with Gasteiger partial charge in [0.25, 0.3) is 0 Å². The molecule has 0 fully saturated rings. The van der Waals surface area contributed by atoms with Crippen molar-refractivity contribution in [2.24, 2.45) is 0 Å². The first kappa shape index (κ1) is 24.0. The van der Waals surface area contributed by atoms with Gasteiger partial charge in [-0.3, -0.25) is 0 Å². The number of benzene rings is 3. The first-order valence-electron chi connectivity index (χ1n) is 10.9. The van der Waals surface area contributed by atoms with Gasteiger partial charge in [-0.05, 0) is 35.7 Å². The van der Waals surface area contributed by atoms with Gasteiger partial charge >= 0.3 is 17.7 Å². The highest BCUT2D eigenvalue weighted by molar-refractivity contribution is 6.31. The number of esters is 1. The standard InChI is InChI=1S/C27H22ClNO6/c1-17-21-13-12-20(15-23(21)35-26(31)24(17)28)34-25(30)22(14-18-8-4-2-5-9-18)29-27(32)33-16-19-10-6-3-7-11-19/h2-13,15,22H,14,16H2,1H3,(H,29,32)/t22-/m1/s1. The molecule has 0 saturated heterocycles. The highest BCUT2D eigenvalue weighted by atomic mass is 35.5. The van der Waals surface area contributed by atoms with Gasteiger partial charge < -0.3 is 19.2 Å². The fourth-order valence-electron chi connectivity index (χ4n) is 3.51. The second kappa shape index (κ2) is 10.9. The van der Waals surface area contributed by atoms with E-state index in [1.54, 1.807) is 19.1 Å². The van der Waals surface area contributed by atoms with E-state index in [2.05, 4.69) is 5.32 Å². The molecule has 1 amide bonds. The Morgan fingerprint density at radius 3 is 2.31 bits per heavy atom. The van der Waals surface area contributed by atoms with Gasteiger partial charge in [0, 0.05) is 17.9 Å². The smallest absolute Gasteiger partial charge is 0.408 e. The molecule has 1 atom stereocenters. The number of hydrogen-bond acceptors (Lipinski definition) is 6. The maximum atomic E-state index is 13.0. The SMILES string of the molecule is Cc1c(Cl)c(=O)oc2cc(OC(=O)[C@@H](Cc3ccccc3)NC(=O)OCc3ccccc3)ccc12. The van der Waals surface area contributed by atoms with Crippen molar-refractivity contribution in [2.45, 2.75) is 26.0 Å². The Bertz CT molecular complexity index is 1400. The summed E-state index contributed by atoms with van der Waals surface area (Å²) in [6.45, 7) is 1.76. The summed E-state index contributed by atoms with van der Waals surface area (Å²) in [5.74, 6) is -0.539. The summed E-state index contributed by atoms with van der Waals surface area (Å²) < 4.78 is 16.0. The number of carbonyl (C=O) groups excluding carboxylic acids is 2. The molecule has 4 rings (SSSR count). The van der Waals surface area contributed by atoms with E-state index >= 15 is 0 Å². The van der Waals surface area contributed by atoms with Crippen molar-refractivity contribution >= 4 is 34.6 Å². The number of hydrogen-bond donors (Lipinski definition) is 1. The van der Waals surface area contributed by atoms with Crippen LogP contribution in [-0.4, -0.2) is 18.1 Å². The fourth-order valence-corrected chi connectivity index (χ4v) is 3.65. The summed E-state index contributed by atoms with van der Waals surface area (Å²) in [6, 6.07) is 22.1. The summed E-state index contributed by atoms with van der Waals surface area (Å²) in [4.78, 5) is 37.4. The molecule has 1 aromatic heterocycles. The Morgan fingerprint density at radius 1 is 0.971 bits per heavy atom. The lowest BCUT2D eigenvalue weighted by atomic mass is 10.1. The number of nitrogens with one attached hydrogen (secondary N) is 1. The van der Waals surface area contributed by atoms with Crippen LogP contribution in [0.4, 0.5) is 4.79 Å². The monoisotopic (exact) mass is 491 g/mol. The summed E-state index contributed by atoms with van der Waals surface area (Å²) in [7, 11) is 0. The number of halogens is 1. The third-order valence-electron chi connectivity index (χ3n) is 5.36. The Labute approximate surface area is 206 Å². The number of amides is 1. The number of fused-ring (bicyclic) bond motifs is 1. The minimum absolute atomic E-state index is 0.00313. The topological polar surface area (TPSA) is 94.8 Å². The molecule has 1 N–H and O–H groups in total. The lowest BCUT2D eigenvalue weighted by Gasteiger charge is -2.18. The molecule has 0 spiro atoms. The predicted octanol–water partition coefficient (Wildman–Crippen LogP) is 5.20. The Balaban J connectivity index is 1.51. The minimum Gasteiger partial charge on any atom is -0.445 e. The summed E-state index contributed by atoms with van der Waals surface area (Å²) in [5, 5.41) is 3.22. The van der Waals surface area contributed by atoms with Crippen LogP contribution in [0.15, 0.2) is 88.1 Å². The maximum Gasteiger partial charge on any atom is 0.408 e. The molecule has 0 unspecified atom stereocenters. The van der Waals surface area contributed by atoms with E-state index < -0.39 is 23.7 Å². The molecule has 0 aliphatic carbocycles. The summed E-state index contributed by atoms with van der Waals surface area (Å²) in [6.07, 6.45) is -0.557. The summed E-state index contributed by atoms with van der Waals surface area (Å²) >= 11 is 5.97. The molecule has 1 heterocycles. The number of alkyl carbamates (subject to hydrolysis) is 1. The van der Waals surface area contributed by atoms with Gasteiger partial charge in [0.15, 0.2) is 0 Å². The third-order valence-corrected chi connectivity index (χ3v) is 5.80. The maximum absolute atomic E-state index is 13.0. The van der Waals surface area contributed by atoms with Crippen molar-refractivity contribution in [3.8, 4) is 5.75 Å². The van der Waals surface area contributed by atoms with Gasteiger partial charge in [-0.1, -0.05) is 72.3 Å². The molecule has 178 valence electrons. The van der Waals surface area contributed by atoms with Crippen LogP contribution in [0.5, 0.6) is 5.75 Å². The highest BCUT2D eigenvalue weighted by Gasteiger charge is 2.24. The van der Waals surface area contributed by atoms with Crippen LogP contribution in [0.25, 0.3) is 11.0 Å². The van der Waals surface area contributed by atoms with Crippen molar-refractivity contribution in [1.29, 1.82) is 0 Å². The highest BCUT2D eigenvalue weighted by Crippen LogP contribution is 2.26. The molecule has 0 aliphatic rings. The Hall–Kier alpha value is -4.10. The number of aryl methyl sites for hydroxylation is 1. The van der Waals surface area contributed by atoms with Crippen molar-refractivity contribution in [3.05, 3.63) is 111 Å². The Morgan fingerprint density at radius 2 is 1.63 bits per heavy atom. The number of rotatable bonds is 7. The van der Waals surface area contributed by atoms with E-state index in [1.807, 2.05) is 60.7 Å². The van der Waals surface area contributed by atoms with Gasteiger partial charge in [0.05, 0.1) is 0 Å². The van der Waals surface area contributed by atoms with E-state index in [4.69, 9.17) is 25.5 Å². The molecule has 4 aromatic rings. The molecule has 8 heteroatoms. The predicted molar refractivity (Wildman–Crippen MR) is 132 cm³/mol. The molecule has 0 aliphatic heterocycles. The molecular formula is C27H22ClNO6. The van der Waals surface area contributed by atoms with Gasteiger partial charge in [0.1, 0.15) is 29.0 Å². The van der Waals surface area contributed by atoms with E-state index in [-0.39, 0.29) is 29.4 Å².